The third kappa shape index (κ3) is 2.48. The maximum atomic E-state index is 3.43. The normalized spacial score (nSPS) is 27.0. The van der Waals surface area contributed by atoms with Gasteiger partial charge in [0, 0.05) is 18.1 Å². The first-order chi connectivity index (χ1) is 6.62. The first kappa shape index (κ1) is 12.0. The fraction of sp³-hybridized carbons (Fsp3) is 1.00. The van der Waals surface area contributed by atoms with Crippen LogP contribution in [-0.4, -0.2) is 36.6 Å². The van der Waals surface area contributed by atoms with Gasteiger partial charge < -0.3 is 5.32 Å². The number of likely N-dealkylation sites (tertiary alicyclic amines) is 1. The molecular weight excluding hydrogens is 172 g/mol. The molecule has 1 fully saturated rings. The van der Waals surface area contributed by atoms with E-state index in [4.69, 9.17) is 0 Å². The van der Waals surface area contributed by atoms with Crippen molar-refractivity contribution in [1.29, 1.82) is 0 Å². The van der Waals surface area contributed by atoms with Gasteiger partial charge >= 0.3 is 0 Å². The van der Waals surface area contributed by atoms with Gasteiger partial charge in [0.15, 0.2) is 0 Å². The van der Waals surface area contributed by atoms with Crippen molar-refractivity contribution in [3.8, 4) is 0 Å². The monoisotopic (exact) mass is 198 g/mol. The van der Waals surface area contributed by atoms with E-state index in [1.807, 2.05) is 0 Å². The molecule has 0 radical (unpaired) electrons. The van der Waals surface area contributed by atoms with Gasteiger partial charge in [0.2, 0.25) is 0 Å². The Kier molecular flexibility index (Phi) is 4.39. The van der Waals surface area contributed by atoms with Gasteiger partial charge in [-0.3, -0.25) is 4.90 Å². The minimum Gasteiger partial charge on any atom is -0.315 e. The van der Waals surface area contributed by atoms with Crippen molar-refractivity contribution >= 4 is 0 Å². The quantitative estimate of drug-likeness (QED) is 0.682. The Morgan fingerprint density at radius 3 is 2.57 bits per heavy atom. The molecule has 0 bridgehead atoms. The SMILES string of the molecule is CCCCCN1CCC(NC)C1(C)C. The second-order valence-corrected chi connectivity index (χ2v) is 4.98. The summed E-state index contributed by atoms with van der Waals surface area (Å²) in [6.45, 7) is 9.55. The first-order valence-corrected chi connectivity index (χ1v) is 6.05. The molecule has 1 rings (SSSR count). The lowest BCUT2D eigenvalue weighted by atomic mass is 9.96. The lowest BCUT2D eigenvalue weighted by molar-refractivity contribution is 0.151. The second-order valence-electron chi connectivity index (χ2n) is 4.98. The molecule has 0 aromatic carbocycles. The van der Waals surface area contributed by atoms with E-state index in [1.165, 1.54) is 38.8 Å². The third-order valence-electron chi connectivity index (χ3n) is 3.74. The Hall–Kier alpha value is -0.0800. The molecule has 1 atom stereocenters. The van der Waals surface area contributed by atoms with Gasteiger partial charge in [-0.1, -0.05) is 19.8 Å². The Balaban J connectivity index is 2.39. The van der Waals surface area contributed by atoms with E-state index >= 15 is 0 Å². The molecular formula is C12H26N2. The van der Waals surface area contributed by atoms with E-state index in [-0.39, 0.29) is 0 Å². The molecule has 2 nitrogen and oxygen atoms in total. The number of nitrogens with one attached hydrogen (secondary N) is 1. The van der Waals surface area contributed by atoms with E-state index in [1.54, 1.807) is 0 Å². The van der Waals surface area contributed by atoms with Crippen LogP contribution in [0.2, 0.25) is 0 Å². The average molecular weight is 198 g/mol. The molecule has 0 aromatic heterocycles. The van der Waals surface area contributed by atoms with Gasteiger partial charge in [0.25, 0.3) is 0 Å². The first-order valence-electron chi connectivity index (χ1n) is 6.05. The van der Waals surface area contributed by atoms with Crippen LogP contribution in [-0.2, 0) is 0 Å². The average Bonchev–Trinajstić information content (AvgIpc) is 2.42. The van der Waals surface area contributed by atoms with Crippen molar-refractivity contribution in [2.45, 2.75) is 58.0 Å². The zero-order chi connectivity index (χ0) is 10.6. The molecule has 14 heavy (non-hydrogen) atoms. The highest BCUT2D eigenvalue weighted by atomic mass is 15.2. The summed E-state index contributed by atoms with van der Waals surface area (Å²) in [6.07, 6.45) is 5.35. The Morgan fingerprint density at radius 2 is 2.07 bits per heavy atom. The topological polar surface area (TPSA) is 15.3 Å². The second kappa shape index (κ2) is 5.13. The Labute approximate surface area is 89.1 Å². The molecule has 0 amide bonds. The molecule has 2 heteroatoms. The standard InChI is InChI=1S/C12H26N2/c1-5-6-7-9-14-10-8-11(13-4)12(14,2)3/h11,13H,5-10H2,1-4H3. The van der Waals surface area contributed by atoms with E-state index in [0.717, 1.165) is 0 Å². The molecule has 0 saturated carbocycles. The van der Waals surface area contributed by atoms with Crippen molar-refractivity contribution in [2.75, 3.05) is 20.1 Å². The summed E-state index contributed by atoms with van der Waals surface area (Å²) in [5.74, 6) is 0. The molecule has 1 aliphatic heterocycles. The Bertz CT molecular complexity index is 166. The predicted molar refractivity (Wildman–Crippen MR) is 62.6 cm³/mol. The van der Waals surface area contributed by atoms with Gasteiger partial charge in [-0.25, -0.2) is 0 Å². The molecule has 1 saturated heterocycles. The van der Waals surface area contributed by atoms with Crippen LogP contribution in [0.4, 0.5) is 0 Å². The van der Waals surface area contributed by atoms with E-state index < -0.39 is 0 Å². The maximum Gasteiger partial charge on any atom is 0.0306 e. The fourth-order valence-electron chi connectivity index (χ4n) is 2.60. The highest BCUT2D eigenvalue weighted by Gasteiger charge is 2.39. The van der Waals surface area contributed by atoms with Gasteiger partial charge in [0.05, 0.1) is 0 Å². The number of likely N-dealkylation sites (N-methyl/N-ethyl adjacent to an activating group) is 1. The minimum absolute atomic E-state index is 0.350. The van der Waals surface area contributed by atoms with Crippen LogP contribution in [0.3, 0.4) is 0 Å². The lowest BCUT2D eigenvalue weighted by Crippen LogP contribution is -2.50. The molecule has 0 aromatic rings. The number of hydrogen-bond acceptors (Lipinski definition) is 2. The van der Waals surface area contributed by atoms with E-state index in [2.05, 4.69) is 38.0 Å². The van der Waals surface area contributed by atoms with Crippen molar-refractivity contribution in [3.05, 3.63) is 0 Å². The van der Waals surface area contributed by atoms with Gasteiger partial charge in [0.1, 0.15) is 0 Å². The van der Waals surface area contributed by atoms with Crippen LogP contribution in [0.5, 0.6) is 0 Å². The van der Waals surface area contributed by atoms with Crippen LogP contribution in [0, 0.1) is 0 Å². The molecule has 1 unspecified atom stereocenters. The highest BCUT2D eigenvalue weighted by Crippen LogP contribution is 2.28. The van der Waals surface area contributed by atoms with E-state index in [0.29, 0.717) is 11.6 Å². The number of hydrogen-bond donors (Lipinski definition) is 1. The van der Waals surface area contributed by atoms with Gasteiger partial charge in [-0.15, -0.1) is 0 Å². The van der Waals surface area contributed by atoms with Crippen molar-refractivity contribution in [3.63, 3.8) is 0 Å². The highest BCUT2D eigenvalue weighted by molar-refractivity contribution is 4.99. The van der Waals surface area contributed by atoms with Crippen molar-refractivity contribution < 1.29 is 0 Å². The smallest absolute Gasteiger partial charge is 0.0306 e. The summed E-state index contributed by atoms with van der Waals surface area (Å²) in [5, 5.41) is 3.43. The third-order valence-corrected chi connectivity index (χ3v) is 3.74. The zero-order valence-corrected chi connectivity index (χ0v) is 10.3. The molecule has 1 heterocycles. The van der Waals surface area contributed by atoms with E-state index in [9.17, 15) is 0 Å². The van der Waals surface area contributed by atoms with Crippen LogP contribution in [0.15, 0.2) is 0 Å². The van der Waals surface area contributed by atoms with Crippen molar-refractivity contribution in [1.82, 2.24) is 10.2 Å². The molecule has 0 aliphatic carbocycles. The summed E-state index contributed by atoms with van der Waals surface area (Å²) in [6, 6.07) is 0.670. The summed E-state index contributed by atoms with van der Waals surface area (Å²) in [7, 11) is 2.09. The largest absolute Gasteiger partial charge is 0.315 e. The van der Waals surface area contributed by atoms with Crippen LogP contribution < -0.4 is 5.32 Å². The number of unbranched alkanes of at least 4 members (excludes halogenated alkanes) is 2. The van der Waals surface area contributed by atoms with Gasteiger partial charge in [-0.2, -0.15) is 0 Å². The summed E-state index contributed by atoms with van der Waals surface area (Å²) < 4.78 is 0. The summed E-state index contributed by atoms with van der Waals surface area (Å²) >= 11 is 0. The zero-order valence-electron chi connectivity index (χ0n) is 10.3. The maximum absolute atomic E-state index is 3.43. The summed E-state index contributed by atoms with van der Waals surface area (Å²) in [4.78, 5) is 2.64. The molecule has 1 aliphatic rings. The van der Waals surface area contributed by atoms with Crippen molar-refractivity contribution in [2.24, 2.45) is 0 Å². The molecule has 0 spiro atoms. The number of nitrogens with zero attached hydrogens (tertiary/aromatic N) is 1. The molecule has 1 N–H and O–H groups in total. The van der Waals surface area contributed by atoms with Crippen LogP contribution in [0.1, 0.15) is 46.5 Å². The van der Waals surface area contributed by atoms with Gasteiger partial charge in [-0.05, 0) is 40.3 Å². The summed E-state index contributed by atoms with van der Waals surface area (Å²) in [5.41, 5.74) is 0.350. The molecule has 84 valence electrons. The Morgan fingerprint density at radius 1 is 1.36 bits per heavy atom. The fourth-order valence-corrected chi connectivity index (χ4v) is 2.60. The van der Waals surface area contributed by atoms with Crippen LogP contribution >= 0.6 is 0 Å². The minimum atomic E-state index is 0.350. The predicted octanol–water partition coefficient (Wildman–Crippen LogP) is 2.25. The van der Waals surface area contributed by atoms with Crippen LogP contribution in [0.25, 0.3) is 0 Å². The number of rotatable bonds is 5. The lowest BCUT2D eigenvalue weighted by Gasteiger charge is -2.36.